The smallest absolute Gasteiger partial charge is 0.258 e. The van der Waals surface area contributed by atoms with E-state index in [9.17, 15) is 4.79 Å². The molecule has 0 fully saturated rings. The van der Waals surface area contributed by atoms with Gasteiger partial charge in [-0.05, 0) is 51.3 Å². The normalized spacial score (nSPS) is 10.5. The number of carbonyl (C=O) groups excluding carboxylic acids is 1. The van der Waals surface area contributed by atoms with Crippen LogP contribution < -0.4 is 14.8 Å². The van der Waals surface area contributed by atoms with Gasteiger partial charge in [-0.1, -0.05) is 30.3 Å². The second-order valence-corrected chi connectivity index (χ2v) is 6.39. The highest BCUT2D eigenvalue weighted by molar-refractivity contribution is 9.10. The molecule has 0 atom stereocenters. The van der Waals surface area contributed by atoms with Crippen molar-refractivity contribution in [2.45, 2.75) is 13.5 Å². The third kappa shape index (κ3) is 4.52. The Morgan fingerprint density at radius 3 is 2.85 bits per heavy atom. The monoisotopic (exact) mass is 414 g/mol. The van der Waals surface area contributed by atoms with Crippen LogP contribution in [0.15, 0.2) is 59.2 Å². The quantitative estimate of drug-likeness (QED) is 0.632. The molecule has 26 heavy (non-hydrogen) atoms. The van der Waals surface area contributed by atoms with Crippen molar-refractivity contribution < 1.29 is 14.3 Å². The molecule has 0 saturated heterocycles. The molecule has 0 aliphatic rings. The van der Waals surface area contributed by atoms with Gasteiger partial charge in [-0.15, -0.1) is 0 Å². The van der Waals surface area contributed by atoms with Crippen LogP contribution in [0.1, 0.15) is 12.5 Å². The van der Waals surface area contributed by atoms with E-state index in [1.165, 1.54) is 0 Å². The number of fused-ring (bicyclic) bond motifs is 1. The summed E-state index contributed by atoms with van der Waals surface area (Å²) in [5.41, 5.74) is 0.920. The zero-order valence-electron chi connectivity index (χ0n) is 14.4. The van der Waals surface area contributed by atoms with Crippen molar-refractivity contribution in [3.05, 3.63) is 64.8 Å². The van der Waals surface area contributed by atoms with Gasteiger partial charge in [0, 0.05) is 18.8 Å². The first-order valence-electron chi connectivity index (χ1n) is 8.32. The molecule has 2 aromatic carbocycles. The highest BCUT2D eigenvalue weighted by atomic mass is 79.9. The molecule has 0 aliphatic heterocycles. The van der Waals surface area contributed by atoms with Crippen molar-refractivity contribution in [3.8, 4) is 11.6 Å². The van der Waals surface area contributed by atoms with Crippen molar-refractivity contribution in [1.82, 2.24) is 10.3 Å². The first-order chi connectivity index (χ1) is 12.7. The van der Waals surface area contributed by atoms with Gasteiger partial charge in [-0.2, -0.15) is 0 Å². The van der Waals surface area contributed by atoms with E-state index in [1.807, 2.05) is 55.5 Å². The fraction of sp³-hybridized carbons (Fsp3) is 0.200. The predicted molar refractivity (Wildman–Crippen MR) is 104 cm³/mol. The summed E-state index contributed by atoms with van der Waals surface area (Å²) in [6.07, 6.45) is 1.66. The summed E-state index contributed by atoms with van der Waals surface area (Å²) < 4.78 is 11.9. The number of pyridine rings is 1. The SMILES string of the molecule is CCOc1cc(CNC(=O)COc2ccc3ccccc3c2Br)ccn1. The maximum absolute atomic E-state index is 12.1. The maximum Gasteiger partial charge on any atom is 0.258 e. The number of halogens is 1. The van der Waals surface area contributed by atoms with Crippen LogP contribution in [0, 0.1) is 0 Å². The largest absolute Gasteiger partial charge is 0.483 e. The first kappa shape index (κ1) is 18.2. The second kappa shape index (κ2) is 8.67. The number of carbonyl (C=O) groups is 1. The molecule has 1 aromatic heterocycles. The van der Waals surface area contributed by atoms with Crippen LogP contribution in [0.25, 0.3) is 10.8 Å². The van der Waals surface area contributed by atoms with Gasteiger partial charge < -0.3 is 14.8 Å². The van der Waals surface area contributed by atoms with Crippen molar-refractivity contribution in [3.63, 3.8) is 0 Å². The summed E-state index contributed by atoms with van der Waals surface area (Å²) in [4.78, 5) is 16.2. The Bertz CT molecular complexity index is 914. The van der Waals surface area contributed by atoms with Gasteiger partial charge in [-0.3, -0.25) is 4.79 Å². The summed E-state index contributed by atoms with van der Waals surface area (Å²) in [5, 5.41) is 4.99. The third-order valence-corrected chi connectivity index (χ3v) is 4.59. The summed E-state index contributed by atoms with van der Waals surface area (Å²) in [5.74, 6) is 0.997. The number of ether oxygens (including phenoxy) is 2. The van der Waals surface area contributed by atoms with Crippen LogP contribution in [0.4, 0.5) is 0 Å². The summed E-state index contributed by atoms with van der Waals surface area (Å²) >= 11 is 3.55. The van der Waals surface area contributed by atoms with Gasteiger partial charge in [0.15, 0.2) is 6.61 Å². The number of nitrogens with zero attached hydrogens (tertiary/aromatic N) is 1. The average molecular weight is 415 g/mol. The molecule has 3 aromatic rings. The van der Waals surface area contributed by atoms with Crippen LogP contribution in [0.5, 0.6) is 11.6 Å². The molecule has 0 radical (unpaired) electrons. The lowest BCUT2D eigenvalue weighted by Gasteiger charge is -2.11. The average Bonchev–Trinajstić information content (AvgIpc) is 2.67. The molecule has 0 bridgehead atoms. The lowest BCUT2D eigenvalue weighted by molar-refractivity contribution is -0.123. The van der Waals surface area contributed by atoms with E-state index >= 15 is 0 Å². The van der Waals surface area contributed by atoms with Crippen molar-refractivity contribution in [1.29, 1.82) is 0 Å². The van der Waals surface area contributed by atoms with Gasteiger partial charge in [-0.25, -0.2) is 4.98 Å². The minimum atomic E-state index is -0.195. The Balaban J connectivity index is 1.56. The molecule has 3 rings (SSSR count). The minimum absolute atomic E-state index is 0.0552. The Kier molecular flexibility index (Phi) is 6.07. The molecule has 1 heterocycles. The van der Waals surface area contributed by atoms with Crippen molar-refractivity contribution in [2.75, 3.05) is 13.2 Å². The van der Waals surface area contributed by atoms with Gasteiger partial charge >= 0.3 is 0 Å². The number of aromatic nitrogens is 1. The van der Waals surface area contributed by atoms with Crippen LogP contribution in [-0.2, 0) is 11.3 Å². The second-order valence-electron chi connectivity index (χ2n) is 5.60. The topological polar surface area (TPSA) is 60.5 Å². The van der Waals surface area contributed by atoms with E-state index < -0.39 is 0 Å². The molecule has 0 spiro atoms. The lowest BCUT2D eigenvalue weighted by Crippen LogP contribution is -2.28. The molecule has 5 nitrogen and oxygen atoms in total. The van der Waals surface area contributed by atoms with Gasteiger partial charge in [0.1, 0.15) is 5.75 Å². The van der Waals surface area contributed by atoms with Crippen LogP contribution in [0.2, 0.25) is 0 Å². The predicted octanol–water partition coefficient (Wildman–Crippen LogP) is 4.09. The first-order valence-corrected chi connectivity index (χ1v) is 9.11. The molecule has 0 aliphatic carbocycles. The summed E-state index contributed by atoms with van der Waals surface area (Å²) in [6.45, 7) is 2.79. The molecule has 6 heteroatoms. The van der Waals surface area contributed by atoms with Crippen LogP contribution >= 0.6 is 15.9 Å². The van der Waals surface area contributed by atoms with E-state index in [0.717, 1.165) is 20.8 Å². The molecule has 1 N–H and O–H groups in total. The summed E-state index contributed by atoms with van der Waals surface area (Å²) in [7, 11) is 0. The molecule has 134 valence electrons. The fourth-order valence-corrected chi connectivity index (χ4v) is 3.11. The number of hydrogen-bond acceptors (Lipinski definition) is 4. The molecular formula is C20H19BrN2O3. The molecule has 1 amide bonds. The van der Waals surface area contributed by atoms with Gasteiger partial charge in [0.05, 0.1) is 11.1 Å². The Labute approximate surface area is 160 Å². The van der Waals surface area contributed by atoms with E-state index in [-0.39, 0.29) is 12.5 Å². The Morgan fingerprint density at radius 2 is 2.00 bits per heavy atom. The molecular weight excluding hydrogens is 396 g/mol. The summed E-state index contributed by atoms with van der Waals surface area (Å²) in [6, 6.07) is 15.5. The molecule has 0 unspecified atom stereocenters. The van der Waals surface area contributed by atoms with Crippen LogP contribution in [0.3, 0.4) is 0 Å². The van der Waals surface area contributed by atoms with E-state index in [4.69, 9.17) is 9.47 Å². The fourth-order valence-electron chi connectivity index (χ4n) is 2.51. The Morgan fingerprint density at radius 1 is 1.15 bits per heavy atom. The number of nitrogens with one attached hydrogen (secondary N) is 1. The van der Waals surface area contributed by atoms with E-state index in [2.05, 4.69) is 26.2 Å². The highest BCUT2D eigenvalue weighted by Gasteiger charge is 2.09. The third-order valence-electron chi connectivity index (χ3n) is 3.77. The Hall–Kier alpha value is -2.60. The zero-order valence-corrected chi connectivity index (χ0v) is 16.0. The van der Waals surface area contributed by atoms with Crippen LogP contribution in [-0.4, -0.2) is 24.1 Å². The van der Waals surface area contributed by atoms with Crippen molar-refractivity contribution in [2.24, 2.45) is 0 Å². The molecule has 0 saturated carbocycles. The number of rotatable bonds is 7. The minimum Gasteiger partial charge on any atom is -0.483 e. The highest BCUT2D eigenvalue weighted by Crippen LogP contribution is 2.32. The number of benzene rings is 2. The van der Waals surface area contributed by atoms with Gasteiger partial charge in [0.2, 0.25) is 5.88 Å². The van der Waals surface area contributed by atoms with Gasteiger partial charge in [0.25, 0.3) is 5.91 Å². The number of amides is 1. The van der Waals surface area contributed by atoms with E-state index in [0.29, 0.717) is 24.8 Å². The van der Waals surface area contributed by atoms with Crippen molar-refractivity contribution >= 4 is 32.6 Å². The standard InChI is InChI=1S/C20H19BrN2O3/c1-2-25-19-11-14(9-10-22-19)12-23-18(24)13-26-17-8-7-15-5-3-4-6-16(15)20(17)21/h3-11H,2,12-13H2,1H3,(H,23,24). The lowest BCUT2D eigenvalue weighted by atomic mass is 10.1. The zero-order chi connectivity index (χ0) is 18.4. The number of hydrogen-bond donors (Lipinski definition) is 1. The van der Waals surface area contributed by atoms with E-state index in [1.54, 1.807) is 6.20 Å². The maximum atomic E-state index is 12.1.